The summed E-state index contributed by atoms with van der Waals surface area (Å²) in [5.74, 6) is -3.41. The second-order valence-electron chi connectivity index (χ2n) is 5.70. The number of nitrogens with two attached hydrogens (primary N) is 1. The molecule has 1 unspecified atom stereocenters. The predicted molar refractivity (Wildman–Crippen MR) is 90.8 cm³/mol. The van der Waals surface area contributed by atoms with Crippen molar-refractivity contribution in [3.05, 3.63) is 60.2 Å². The van der Waals surface area contributed by atoms with Crippen molar-refractivity contribution >= 4 is 5.97 Å². The molecule has 2 heterocycles. The largest absolute Gasteiger partial charge is 0.490 e. The Balaban J connectivity index is 0.000000370. The summed E-state index contributed by atoms with van der Waals surface area (Å²) in [5, 5.41) is 11.2. The fourth-order valence-electron chi connectivity index (χ4n) is 2.08. The molecule has 2 aromatic heterocycles. The van der Waals surface area contributed by atoms with Gasteiger partial charge in [0.2, 0.25) is 0 Å². The Morgan fingerprint density at radius 1 is 1.14 bits per heavy atom. The van der Waals surface area contributed by atoms with Crippen LogP contribution in [0.3, 0.4) is 0 Å². The van der Waals surface area contributed by atoms with Gasteiger partial charge in [-0.05, 0) is 18.6 Å². The second kappa shape index (κ2) is 8.73. The van der Waals surface area contributed by atoms with Crippen LogP contribution in [-0.4, -0.2) is 37.0 Å². The van der Waals surface area contributed by atoms with Crippen molar-refractivity contribution in [2.75, 3.05) is 0 Å². The second-order valence-corrected chi connectivity index (χ2v) is 5.70. The minimum Gasteiger partial charge on any atom is -0.475 e. The lowest BCUT2D eigenvalue weighted by molar-refractivity contribution is -0.192. The number of nitrogens with zero attached hydrogens (tertiary/aromatic N) is 4. The first-order valence-corrected chi connectivity index (χ1v) is 7.87. The Hall–Kier alpha value is -3.41. The number of hydrogen-bond acceptors (Lipinski definition) is 5. The first-order chi connectivity index (χ1) is 13.5. The monoisotopic (exact) mass is 415 g/mol. The van der Waals surface area contributed by atoms with E-state index in [1.54, 1.807) is 31.5 Å². The molecule has 0 amide bonds. The molecule has 1 aromatic carbocycles. The summed E-state index contributed by atoms with van der Waals surface area (Å²) in [7, 11) is 0. The molecule has 29 heavy (non-hydrogen) atoms. The number of alkyl halides is 3. The number of halogens is 5. The molecular weight excluding hydrogens is 401 g/mol. The third-order valence-corrected chi connectivity index (χ3v) is 3.46. The molecule has 0 aliphatic carbocycles. The summed E-state index contributed by atoms with van der Waals surface area (Å²) in [5.41, 5.74) is 7.51. The van der Waals surface area contributed by atoms with E-state index in [-0.39, 0.29) is 17.8 Å². The molecule has 0 aliphatic rings. The Bertz CT molecular complexity index is 987. The molecule has 1 atom stereocenters. The van der Waals surface area contributed by atoms with Crippen molar-refractivity contribution in [1.82, 2.24) is 19.7 Å². The number of carboxylic acids is 1. The highest BCUT2D eigenvalue weighted by atomic mass is 19.4. The van der Waals surface area contributed by atoms with Crippen LogP contribution in [0.15, 0.2) is 43.0 Å². The lowest BCUT2D eigenvalue weighted by Gasteiger charge is -2.08. The topological polar surface area (TPSA) is 107 Å². The first-order valence-electron chi connectivity index (χ1n) is 7.87. The lowest BCUT2D eigenvalue weighted by atomic mass is 10.0. The van der Waals surface area contributed by atoms with Crippen molar-refractivity contribution < 1.29 is 31.9 Å². The van der Waals surface area contributed by atoms with Crippen LogP contribution in [0, 0.1) is 11.6 Å². The van der Waals surface area contributed by atoms with Gasteiger partial charge in [-0.3, -0.25) is 0 Å². The van der Waals surface area contributed by atoms with Crippen LogP contribution < -0.4 is 5.73 Å². The van der Waals surface area contributed by atoms with Gasteiger partial charge in [0.25, 0.3) is 5.95 Å². The zero-order chi connectivity index (χ0) is 21.8. The average Bonchev–Trinajstić information content (AvgIpc) is 3.11. The molecule has 3 N–H and O–H groups in total. The maximum Gasteiger partial charge on any atom is 0.490 e. The third kappa shape index (κ3) is 5.78. The number of hydrogen-bond donors (Lipinski definition) is 2. The zero-order valence-electron chi connectivity index (χ0n) is 14.7. The average molecular weight is 415 g/mol. The van der Waals surface area contributed by atoms with Crippen molar-refractivity contribution in [3.63, 3.8) is 0 Å². The van der Waals surface area contributed by atoms with Crippen molar-refractivity contribution in [1.29, 1.82) is 0 Å². The smallest absolute Gasteiger partial charge is 0.475 e. The first kappa shape index (κ1) is 21.9. The minimum absolute atomic E-state index is 0.236. The van der Waals surface area contributed by atoms with Crippen molar-refractivity contribution in [3.8, 4) is 17.1 Å². The number of carboxylic acid groups (broad SMARTS) is 1. The highest BCUT2D eigenvalue weighted by Gasteiger charge is 2.38. The summed E-state index contributed by atoms with van der Waals surface area (Å²) in [6, 6.07) is 4.46. The number of aliphatic carboxylic acids is 1. The van der Waals surface area contributed by atoms with Gasteiger partial charge in [0.15, 0.2) is 5.82 Å². The number of rotatable bonds is 3. The van der Waals surface area contributed by atoms with E-state index in [1.807, 2.05) is 0 Å². The number of carbonyl (C=O) groups is 1. The van der Waals surface area contributed by atoms with Crippen LogP contribution in [0.4, 0.5) is 22.0 Å². The molecule has 0 fully saturated rings. The van der Waals surface area contributed by atoms with Crippen LogP contribution in [0.1, 0.15) is 18.5 Å². The van der Waals surface area contributed by atoms with Crippen molar-refractivity contribution in [2.24, 2.45) is 5.73 Å². The standard InChI is InChI=1S/C15H13F2N5.C2HF3O2/c1-9(18)13-3-2-10(4-14(13)17)11-5-21-22(8-11)15-19-6-12(16)7-20-15;3-2(4,5)1(6)7/h2-9H,18H2,1H3;(H,6,7). The van der Waals surface area contributed by atoms with Crippen LogP contribution >= 0.6 is 0 Å². The number of aromatic nitrogens is 4. The predicted octanol–water partition coefficient (Wildman–Crippen LogP) is 3.26. The fraction of sp³-hybridized carbons (Fsp3) is 0.176. The Kier molecular flexibility index (Phi) is 6.59. The molecular formula is C17H14F5N5O2. The fourth-order valence-corrected chi connectivity index (χ4v) is 2.08. The van der Waals surface area contributed by atoms with E-state index in [0.717, 1.165) is 12.4 Å². The molecule has 12 heteroatoms. The van der Waals surface area contributed by atoms with E-state index in [1.165, 1.54) is 10.7 Å². The third-order valence-electron chi connectivity index (χ3n) is 3.46. The molecule has 0 saturated heterocycles. The Morgan fingerprint density at radius 2 is 1.72 bits per heavy atom. The summed E-state index contributed by atoms with van der Waals surface area (Å²) in [4.78, 5) is 16.6. The lowest BCUT2D eigenvalue weighted by Crippen LogP contribution is -2.21. The van der Waals surface area contributed by atoms with E-state index >= 15 is 0 Å². The van der Waals surface area contributed by atoms with Gasteiger partial charge in [0.1, 0.15) is 5.82 Å². The molecule has 0 aliphatic heterocycles. The van der Waals surface area contributed by atoms with Gasteiger partial charge in [0.05, 0.1) is 18.6 Å². The van der Waals surface area contributed by atoms with Gasteiger partial charge < -0.3 is 10.8 Å². The van der Waals surface area contributed by atoms with Gasteiger partial charge >= 0.3 is 12.1 Å². The SMILES string of the molecule is CC(N)c1ccc(-c2cnn(-c3ncc(F)cn3)c2)cc1F.O=C(O)C(F)(F)F. The summed E-state index contributed by atoms with van der Waals surface area (Å²) < 4.78 is 59.9. The van der Waals surface area contributed by atoms with E-state index < -0.39 is 18.0 Å². The van der Waals surface area contributed by atoms with Crippen LogP contribution in [0.2, 0.25) is 0 Å². The van der Waals surface area contributed by atoms with E-state index in [2.05, 4.69) is 15.1 Å². The number of benzene rings is 1. The van der Waals surface area contributed by atoms with E-state index in [0.29, 0.717) is 16.7 Å². The van der Waals surface area contributed by atoms with Gasteiger partial charge in [-0.25, -0.2) is 28.2 Å². The molecule has 0 bridgehead atoms. The molecule has 0 radical (unpaired) electrons. The zero-order valence-corrected chi connectivity index (χ0v) is 14.7. The maximum atomic E-state index is 14.0. The molecule has 3 aromatic rings. The maximum absolute atomic E-state index is 14.0. The Labute approximate surface area is 160 Å². The quantitative estimate of drug-likeness (QED) is 0.636. The molecule has 7 nitrogen and oxygen atoms in total. The normalized spacial score (nSPS) is 12.1. The summed E-state index contributed by atoms with van der Waals surface area (Å²) in [6.07, 6.45) is 0.238. The highest BCUT2D eigenvalue weighted by molar-refractivity contribution is 5.73. The van der Waals surface area contributed by atoms with Gasteiger partial charge in [-0.15, -0.1) is 0 Å². The molecule has 154 valence electrons. The Morgan fingerprint density at radius 3 is 2.21 bits per heavy atom. The van der Waals surface area contributed by atoms with E-state index in [9.17, 15) is 22.0 Å². The van der Waals surface area contributed by atoms with Crippen LogP contribution in [-0.2, 0) is 4.79 Å². The van der Waals surface area contributed by atoms with Gasteiger partial charge in [-0.2, -0.15) is 18.3 Å². The van der Waals surface area contributed by atoms with Gasteiger partial charge in [0, 0.05) is 23.4 Å². The van der Waals surface area contributed by atoms with Crippen LogP contribution in [0.25, 0.3) is 17.1 Å². The van der Waals surface area contributed by atoms with Crippen LogP contribution in [0.5, 0.6) is 0 Å². The molecule has 0 saturated carbocycles. The molecule has 3 rings (SSSR count). The summed E-state index contributed by atoms with van der Waals surface area (Å²) >= 11 is 0. The molecule has 0 spiro atoms. The van der Waals surface area contributed by atoms with Crippen molar-refractivity contribution in [2.45, 2.75) is 19.1 Å². The highest BCUT2D eigenvalue weighted by Crippen LogP contribution is 2.24. The van der Waals surface area contributed by atoms with E-state index in [4.69, 9.17) is 15.6 Å². The van der Waals surface area contributed by atoms with Gasteiger partial charge in [-0.1, -0.05) is 12.1 Å². The summed E-state index contributed by atoms with van der Waals surface area (Å²) in [6.45, 7) is 1.72. The minimum atomic E-state index is -5.08.